The van der Waals surface area contributed by atoms with Gasteiger partial charge in [0.1, 0.15) is 0 Å². The van der Waals surface area contributed by atoms with E-state index in [-0.39, 0.29) is 10.7 Å². The Morgan fingerprint density at radius 1 is 1.50 bits per heavy atom. The molecule has 1 aromatic carbocycles. The quantitative estimate of drug-likeness (QED) is 0.882. The third kappa shape index (κ3) is 2.76. The van der Waals surface area contributed by atoms with E-state index in [1.54, 1.807) is 17.1 Å². The molecule has 0 saturated heterocycles. The fourth-order valence-electron chi connectivity index (χ4n) is 1.51. The number of benzene rings is 1. The normalized spacial score (nSPS) is 12.1. The first-order chi connectivity index (χ1) is 8.72. The van der Waals surface area contributed by atoms with Crippen molar-refractivity contribution in [3.8, 4) is 5.69 Å². The minimum Gasteiger partial charge on any atom is -0.323 e. The molecule has 0 fully saturated rings. The summed E-state index contributed by atoms with van der Waals surface area (Å²) < 4.78 is 1.62. The minimum absolute atomic E-state index is 0.0648. The van der Waals surface area contributed by atoms with Crippen LogP contribution >= 0.6 is 15.9 Å². The van der Waals surface area contributed by atoms with Gasteiger partial charge in [0.25, 0.3) is 0 Å². The summed E-state index contributed by atoms with van der Waals surface area (Å²) in [5, 5.41) is 10.6. The predicted octanol–water partition coefficient (Wildman–Crippen LogP) is 2.38. The third-order valence-electron chi connectivity index (χ3n) is 2.47. The number of alkyl halides is 1. The number of hydrogen-bond donors (Lipinski definition) is 1. The first kappa shape index (κ1) is 12.8. The smallest absolute Gasteiger partial charge is 0.238 e. The molecule has 1 heterocycles. The average molecular weight is 309 g/mol. The van der Waals surface area contributed by atoms with Gasteiger partial charge in [-0.15, -0.1) is 5.10 Å². The van der Waals surface area contributed by atoms with Crippen molar-refractivity contribution in [3.63, 3.8) is 0 Å². The molecular formula is C12H13BrN4O. The minimum atomic E-state index is -0.193. The van der Waals surface area contributed by atoms with E-state index in [0.717, 1.165) is 12.1 Å². The number of rotatable bonds is 4. The van der Waals surface area contributed by atoms with Crippen LogP contribution in [0.15, 0.2) is 36.7 Å². The van der Waals surface area contributed by atoms with Crippen molar-refractivity contribution in [2.75, 3.05) is 5.32 Å². The molecule has 1 unspecified atom stereocenters. The number of nitrogens with one attached hydrogen (secondary N) is 1. The average Bonchev–Trinajstić information content (AvgIpc) is 2.92. The Hall–Kier alpha value is -1.69. The van der Waals surface area contributed by atoms with Crippen LogP contribution in [0, 0.1) is 0 Å². The molecule has 0 radical (unpaired) electrons. The highest BCUT2D eigenvalue weighted by atomic mass is 79.9. The summed E-state index contributed by atoms with van der Waals surface area (Å²) in [6.45, 7) is 1.95. The number of para-hydroxylation sites is 2. The second-order valence-corrected chi connectivity index (χ2v) is 4.84. The molecule has 6 heteroatoms. The number of halogens is 1. The van der Waals surface area contributed by atoms with Crippen LogP contribution in [0.25, 0.3) is 5.69 Å². The summed E-state index contributed by atoms with van der Waals surface area (Å²) in [4.78, 5) is 11.7. The van der Waals surface area contributed by atoms with Crippen LogP contribution in [0.4, 0.5) is 5.69 Å². The zero-order valence-electron chi connectivity index (χ0n) is 9.88. The Bertz CT molecular complexity index is 527. The predicted molar refractivity (Wildman–Crippen MR) is 73.0 cm³/mol. The molecular weight excluding hydrogens is 296 g/mol. The van der Waals surface area contributed by atoms with Crippen LogP contribution < -0.4 is 5.32 Å². The van der Waals surface area contributed by atoms with Crippen LogP contribution in [0.1, 0.15) is 13.3 Å². The maximum absolute atomic E-state index is 11.9. The SMILES string of the molecule is CCC(Br)C(=O)Nc1ccccc1-n1ccnn1. The molecule has 1 amide bonds. The van der Waals surface area contributed by atoms with Crippen LogP contribution in [0.3, 0.4) is 0 Å². The molecule has 18 heavy (non-hydrogen) atoms. The summed E-state index contributed by atoms with van der Waals surface area (Å²) in [5.74, 6) is -0.0648. The maximum atomic E-state index is 11.9. The lowest BCUT2D eigenvalue weighted by molar-refractivity contribution is -0.115. The molecule has 94 valence electrons. The Morgan fingerprint density at radius 2 is 2.28 bits per heavy atom. The van der Waals surface area contributed by atoms with Gasteiger partial charge < -0.3 is 5.32 Å². The van der Waals surface area contributed by atoms with Crippen molar-refractivity contribution < 1.29 is 4.79 Å². The Kier molecular flexibility index (Phi) is 4.09. The number of carbonyl (C=O) groups excluding carboxylic acids is 1. The molecule has 0 spiro atoms. The highest BCUT2D eigenvalue weighted by Gasteiger charge is 2.14. The van der Waals surface area contributed by atoms with Gasteiger partial charge >= 0.3 is 0 Å². The van der Waals surface area contributed by atoms with E-state index in [2.05, 4.69) is 31.6 Å². The molecule has 1 N–H and O–H groups in total. The zero-order chi connectivity index (χ0) is 13.0. The van der Waals surface area contributed by atoms with Gasteiger partial charge in [-0.2, -0.15) is 0 Å². The van der Waals surface area contributed by atoms with Crippen molar-refractivity contribution in [2.24, 2.45) is 0 Å². The Morgan fingerprint density at radius 3 is 2.94 bits per heavy atom. The van der Waals surface area contributed by atoms with E-state index in [1.807, 2.05) is 31.2 Å². The van der Waals surface area contributed by atoms with Crippen molar-refractivity contribution in [1.82, 2.24) is 15.0 Å². The number of nitrogens with zero attached hydrogens (tertiary/aromatic N) is 3. The van der Waals surface area contributed by atoms with Gasteiger partial charge in [-0.3, -0.25) is 4.79 Å². The molecule has 2 aromatic rings. The van der Waals surface area contributed by atoms with E-state index < -0.39 is 0 Å². The monoisotopic (exact) mass is 308 g/mol. The van der Waals surface area contributed by atoms with E-state index in [9.17, 15) is 4.79 Å². The second kappa shape index (κ2) is 5.77. The van der Waals surface area contributed by atoms with Crippen LogP contribution in [0.5, 0.6) is 0 Å². The molecule has 5 nitrogen and oxygen atoms in total. The Balaban J connectivity index is 2.26. The van der Waals surface area contributed by atoms with Crippen molar-refractivity contribution >= 4 is 27.5 Å². The standard InChI is InChI=1S/C12H13BrN4O/c1-2-9(13)12(18)15-10-5-3-4-6-11(10)17-8-7-14-16-17/h3-9H,2H2,1H3,(H,15,18). The first-order valence-electron chi connectivity index (χ1n) is 5.63. The maximum Gasteiger partial charge on any atom is 0.238 e. The lowest BCUT2D eigenvalue weighted by Crippen LogP contribution is -2.22. The van der Waals surface area contributed by atoms with Gasteiger partial charge in [-0.1, -0.05) is 40.2 Å². The lowest BCUT2D eigenvalue weighted by atomic mass is 10.2. The molecule has 1 aromatic heterocycles. The molecule has 0 bridgehead atoms. The Labute approximate surface area is 113 Å². The number of hydrogen-bond acceptors (Lipinski definition) is 3. The van der Waals surface area contributed by atoms with E-state index in [0.29, 0.717) is 5.69 Å². The fraction of sp³-hybridized carbons (Fsp3) is 0.250. The second-order valence-electron chi connectivity index (χ2n) is 3.73. The van der Waals surface area contributed by atoms with E-state index >= 15 is 0 Å². The van der Waals surface area contributed by atoms with Gasteiger partial charge in [0.2, 0.25) is 5.91 Å². The highest BCUT2D eigenvalue weighted by molar-refractivity contribution is 9.10. The van der Waals surface area contributed by atoms with Gasteiger partial charge in [0.05, 0.1) is 28.6 Å². The van der Waals surface area contributed by atoms with Crippen molar-refractivity contribution in [2.45, 2.75) is 18.2 Å². The molecule has 2 rings (SSSR count). The van der Waals surface area contributed by atoms with E-state index in [1.165, 1.54) is 0 Å². The summed E-state index contributed by atoms with van der Waals surface area (Å²) in [6, 6.07) is 7.47. The number of aromatic nitrogens is 3. The summed E-state index contributed by atoms with van der Waals surface area (Å²) in [6.07, 6.45) is 4.06. The number of amides is 1. The molecule has 0 aliphatic carbocycles. The first-order valence-corrected chi connectivity index (χ1v) is 6.54. The number of anilines is 1. The van der Waals surface area contributed by atoms with Gasteiger partial charge in [-0.05, 0) is 18.6 Å². The van der Waals surface area contributed by atoms with Gasteiger partial charge in [-0.25, -0.2) is 4.68 Å². The van der Waals surface area contributed by atoms with E-state index in [4.69, 9.17) is 0 Å². The third-order valence-corrected chi connectivity index (χ3v) is 3.54. The van der Waals surface area contributed by atoms with Crippen molar-refractivity contribution in [3.05, 3.63) is 36.7 Å². The summed E-state index contributed by atoms with van der Waals surface area (Å²) in [5.41, 5.74) is 1.50. The van der Waals surface area contributed by atoms with Crippen LogP contribution in [-0.2, 0) is 4.79 Å². The molecule has 0 saturated carbocycles. The lowest BCUT2D eigenvalue weighted by Gasteiger charge is -2.12. The van der Waals surface area contributed by atoms with Crippen molar-refractivity contribution in [1.29, 1.82) is 0 Å². The molecule has 0 aliphatic rings. The topological polar surface area (TPSA) is 59.8 Å². The largest absolute Gasteiger partial charge is 0.323 e. The molecule has 0 aliphatic heterocycles. The summed E-state index contributed by atoms with van der Waals surface area (Å²) >= 11 is 3.33. The molecule has 1 atom stereocenters. The zero-order valence-corrected chi connectivity index (χ0v) is 11.5. The van der Waals surface area contributed by atoms with Gasteiger partial charge in [0, 0.05) is 0 Å². The fourth-order valence-corrected chi connectivity index (χ4v) is 1.63. The van der Waals surface area contributed by atoms with Crippen LogP contribution in [0.2, 0.25) is 0 Å². The number of carbonyl (C=O) groups is 1. The van der Waals surface area contributed by atoms with Crippen LogP contribution in [-0.4, -0.2) is 25.7 Å². The summed E-state index contributed by atoms with van der Waals surface area (Å²) in [7, 11) is 0. The van der Waals surface area contributed by atoms with Gasteiger partial charge in [0.15, 0.2) is 0 Å². The highest BCUT2D eigenvalue weighted by Crippen LogP contribution is 2.20.